The van der Waals surface area contributed by atoms with Crippen molar-refractivity contribution >= 4 is 11.9 Å². The molecule has 13 heteroatoms. The Labute approximate surface area is 178 Å². The number of nitrogens with one attached hydrogen (secondary N) is 1. The summed E-state index contributed by atoms with van der Waals surface area (Å²) in [5.74, 6) is -4.20. The maximum atomic E-state index is 14.6. The minimum Gasteiger partial charge on any atom is -0.352 e. The van der Waals surface area contributed by atoms with Gasteiger partial charge in [0.2, 0.25) is 5.95 Å². The lowest BCUT2D eigenvalue weighted by Crippen LogP contribution is -2.47. The second kappa shape index (κ2) is 8.13. The highest BCUT2D eigenvalue weighted by molar-refractivity contribution is 5.96. The lowest BCUT2D eigenvalue weighted by Gasteiger charge is -2.28. The number of amides is 1. The summed E-state index contributed by atoms with van der Waals surface area (Å²) >= 11 is 0. The number of alkyl halides is 5. The average molecular weight is 453 g/mol. The van der Waals surface area contributed by atoms with Gasteiger partial charge in [0.25, 0.3) is 11.8 Å². The molecule has 0 bridgehead atoms. The zero-order valence-corrected chi connectivity index (χ0v) is 16.3. The molecule has 1 atom stereocenters. The highest BCUT2D eigenvalue weighted by atomic mass is 19.4. The van der Waals surface area contributed by atoms with Crippen LogP contribution in [-0.4, -0.2) is 60.6 Å². The van der Waals surface area contributed by atoms with Crippen molar-refractivity contribution in [2.45, 2.75) is 24.6 Å². The lowest BCUT2D eigenvalue weighted by molar-refractivity contribution is -0.138. The van der Waals surface area contributed by atoms with E-state index in [2.05, 4.69) is 25.4 Å². The minimum absolute atomic E-state index is 0.0512. The molecule has 0 saturated carbocycles. The van der Waals surface area contributed by atoms with Crippen molar-refractivity contribution in [1.82, 2.24) is 29.6 Å². The fraction of sp³-hybridized carbons (Fsp3) is 0.316. The highest BCUT2D eigenvalue weighted by Crippen LogP contribution is 2.35. The Balaban J connectivity index is 1.54. The first-order valence-corrected chi connectivity index (χ1v) is 9.44. The molecule has 1 aliphatic heterocycles. The number of rotatable bonds is 5. The molecule has 1 N–H and O–H groups in total. The van der Waals surface area contributed by atoms with Crippen LogP contribution < -0.4 is 5.32 Å². The molecule has 1 saturated heterocycles. The first-order chi connectivity index (χ1) is 15.2. The molecule has 4 heterocycles. The Morgan fingerprint density at radius 3 is 2.56 bits per heavy atom. The number of anilines is 1. The molecule has 1 amide bonds. The molecule has 168 valence electrons. The fourth-order valence-electron chi connectivity index (χ4n) is 3.37. The van der Waals surface area contributed by atoms with Crippen LogP contribution >= 0.6 is 0 Å². The molecule has 0 spiro atoms. The molecule has 3 aromatic heterocycles. The minimum atomic E-state index is -4.62. The Hall–Kier alpha value is -3.64. The third kappa shape index (κ3) is 4.22. The van der Waals surface area contributed by atoms with Crippen LogP contribution in [0, 0.1) is 0 Å². The standard InChI is InChI=1S/C19H16F5N7O/c20-18(21)4-8-30(14(18)11-28-17-26-9-12(10-27-17)19(22,23)24)16(32)15-13(3-1-5-25-15)31-7-2-6-29-31/h1-3,5-7,9-10,14H,4,8,11H2,(H,26,27,28). The molecule has 0 radical (unpaired) electrons. The van der Waals surface area contributed by atoms with Crippen LogP contribution in [0.5, 0.6) is 0 Å². The van der Waals surface area contributed by atoms with Crippen molar-refractivity contribution in [2.75, 3.05) is 18.4 Å². The molecule has 32 heavy (non-hydrogen) atoms. The predicted molar refractivity (Wildman–Crippen MR) is 101 cm³/mol. The fourth-order valence-corrected chi connectivity index (χ4v) is 3.37. The summed E-state index contributed by atoms with van der Waals surface area (Å²) in [7, 11) is 0. The zero-order chi connectivity index (χ0) is 22.9. The van der Waals surface area contributed by atoms with E-state index in [9.17, 15) is 26.7 Å². The SMILES string of the molecule is O=C(c1ncccc1-n1cccn1)N1CCC(F)(F)C1CNc1ncc(C(F)(F)F)cn1. The van der Waals surface area contributed by atoms with Gasteiger partial charge < -0.3 is 10.2 Å². The van der Waals surface area contributed by atoms with E-state index in [-0.39, 0.29) is 18.2 Å². The van der Waals surface area contributed by atoms with Gasteiger partial charge in [-0.2, -0.15) is 18.3 Å². The lowest BCUT2D eigenvalue weighted by atomic mass is 10.1. The molecule has 8 nitrogen and oxygen atoms in total. The smallest absolute Gasteiger partial charge is 0.352 e. The molecule has 1 fully saturated rings. The van der Waals surface area contributed by atoms with Crippen LogP contribution in [0.4, 0.5) is 27.9 Å². The van der Waals surface area contributed by atoms with Crippen molar-refractivity contribution < 1.29 is 26.7 Å². The summed E-state index contributed by atoms with van der Waals surface area (Å²) in [6.07, 6.45) is 0.385. The van der Waals surface area contributed by atoms with Gasteiger partial charge in [0.1, 0.15) is 6.04 Å². The maximum Gasteiger partial charge on any atom is 0.419 e. The predicted octanol–water partition coefficient (Wildman–Crippen LogP) is 3.04. The van der Waals surface area contributed by atoms with E-state index >= 15 is 0 Å². The number of aromatic nitrogens is 5. The van der Waals surface area contributed by atoms with E-state index in [1.165, 1.54) is 17.1 Å². The topological polar surface area (TPSA) is 88.8 Å². The van der Waals surface area contributed by atoms with Crippen LogP contribution in [0.3, 0.4) is 0 Å². The molecule has 1 aliphatic rings. The highest BCUT2D eigenvalue weighted by Gasteiger charge is 2.51. The van der Waals surface area contributed by atoms with Gasteiger partial charge in [-0.05, 0) is 18.2 Å². The summed E-state index contributed by atoms with van der Waals surface area (Å²) in [5.41, 5.74) is -0.785. The van der Waals surface area contributed by atoms with Gasteiger partial charge >= 0.3 is 6.18 Å². The van der Waals surface area contributed by atoms with Crippen LogP contribution in [-0.2, 0) is 6.18 Å². The van der Waals surface area contributed by atoms with Gasteiger partial charge in [-0.25, -0.2) is 28.4 Å². The van der Waals surface area contributed by atoms with Gasteiger partial charge in [0.15, 0.2) is 5.69 Å². The van der Waals surface area contributed by atoms with Gasteiger partial charge in [-0.3, -0.25) is 4.79 Å². The van der Waals surface area contributed by atoms with E-state index < -0.39 is 42.6 Å². The van der Waals surface area contributed by atoms with Crippen LogP contribution in [0.1, 0.15) is 22.5 Å². The molecule has 4 rings (SSSR count). The molecular weight excluding hydrogens is 437 g/mol. The molecular formula is C19H16F5N7O. The van der Waals surface area contributed by atoms with E-state index in [0.29, 0.717) is 18.1 Å². The van der Waals surface area contributed by atoms with Crippen LogP contribution in [0.15, 0.2) is 49.2 Å². The Morgan fingerprint density at radius 1 is 1.16 bits per heavy atom. The number of pyridine rings is 1. The summed E-state index contributed by atoms with van der Waals surface area (Å²) < 4.78 is 68.4. The number of hydrogen-bond donors (Lipinski definition) is 1. The van der Waals surface area contributed by atoms with Crippen molar-refractivity contribution in [1.29, 1.82) is 0 Å². The number of carbonyl (C=O) groups excluding carboxylic acids is 1. The van der Waals surface area contributed by atoms with Crippen molar-refractivity contribution in [3.63, 3.8) is 0 Å². The first-order valence-electron chi connectivity index (χ1n) is 9.44. The third-order valence-electron chi connectivity index (χ3n) is 4.98. The zero-order valence-electron chi connectivity index (χ0n) is 16.3. The Morgan fingerprint density at radius 2 is 1.91 bits per heavy atom. The van der Waals surface area contributed by atoms with E-state index in [1.807, 2.05) is 0 Å². The van der Waals surface area contributed by atoms with Crippen molar-refractivity contribution in [2.24, 2.45) is 0 Å². The molecule has 0 aromatic carbocycles. The number of hydrogen-bond acceptors (Lipinski definition) is 6. The maximum absolute atomic E-state index is 14.6. The summed E-state index contributed by atoms with van der Waals surface area (Å²) in [6, 6.07) is 3.24. The molecule has 0 aliphatic carbocycles. The number of halogens is 5. The van der Waals surface area contributed by atoms with Crippen molar-refractivity contribution in [3.8, 4) is 5.69 Å². The summed E-state index contributed by atoms with van der Waals surface area (Å²) in [4.78, 5) is 25.2. The number of likely N-dealkylation sites (tertiary alicyclic amines) is 1. The van der Waals surface area contributed by atoms with Gasteiger partial charge in [0, 0.05) is 50.5 Å². The normalized spacial score (nSPS) is 18.0. The second-order valence-electron chi connectivity index (χ2n) is 7.02. The largest absolute Gasteiger partial charge is 0.419 e. The van der Waals surface area contributed by atoms with Gasteiger partial charge in [0.05, 0.1) is 11.3 Å². The first kappa shape index (κ1) is 21.6. The van der Waals surface area contributed by atoms with Gasteiger partial charge in [-0.1, -0.05) is 0 Å². The van der Waals surface area contributed by atoms with Crippen LogP contribution in [0.2, 0.25) is 0 Å². The van der Waals surface area contributed by atoms with E-state index in [1.54, 1.807) is 24.4 Å². The van der Waals surface area contributed by atoms with Crippen molar-refractivity contribution in [3.05, 3.63) is 60.4 Å². The Bertz CT molecular complexity index is 1090. The van der Waals surface area contributed by atoms with Crippen LogP contribution in [0.25, 0.3) is 5.69 Å². The quantitative estimate of drug-likeness (QED) is 0.598. The number of carbonyl (C=O) groups is 1. The average Bonchev–Trinajstić information content (AvgIpc) is 3.39. The third-order valence-corrected chi connectivity index (χ3v) is 4.98. The Kier molecular flexibility index (Phi) is 5.48. The van der Waals surface area contributed by atoms with E-state index in [0.717, 1.165) is 4.90 Å². The molecule has 1 unspecified atom stereocenters. The van der Waals surface area contributed by atoms with E-state index in [4.69, 9.17) is 0 Å². The van der Waals surface area contributed by atoms with Gasteiger partial charge in [-0.15, -0.1) is 0 Å². The summed E-state index contributed by atoms with van der Waals surface area (Å²) in [6.45, 7) is -0.685. The molecule has 3 aromatic rings. The summed E-state index contributed by atoms with van der Waals surface area (Å²) in [5, 5.41) is 6.55. The second-order valence-corrected chi connectivity index (χ2v) is 7.02. The number of nitrogens with zero attached hydrogens (tertiary/aromatic N) is 6. The monoisotopic (exact) mass is 453 g/mol.